The number of aryl methyl sites for hydroxylation is 1. The molecule has 1 unspecified atom stereocenters. The average molecular weight is 421 g/mol. The highest BCUT2D eigenvalue weighted by molar-refractivity contribution is 6.35. The first kappa shape index (κ1) is 22.6. The van der Waals surface area contributed by atoms with Crippen molar-refractivity contribution < 1.29 is 18.9 Å². The molecule has 0 aliphatic carbocycles. The summed E-state index contributed by atoms with van der Waals surface area (Å²) in [4.78, 5) is 34.1. The van der Waals surface area contributed by atoms with Crippen LogP contribution in [-0.4, -0.2) is 23.0 Å². The lowest BCUT2D eigenvalue weighted by molar-refractivity contribution is -0.385. The van der Waals surface area contributed by atoms with Crippen molar-refractivity contribution in [1.82, 2.24) is 5.32 Å². The minimum atomic E-state index is -0.740. The molecule has 2 aromatic rings. The van der Waals surface area contributed by atoms with Gasteiger partial charge in [0.25, 0.3) is 5.69 Å². The summed E-state index contributed by atoms with van der Waals surface area (Å²) in [5.74, 6) is -1.39. The van der Waals surface area contributed by atoms with Crippen LogP contribution in [-0.2, 0) is 4.79 Å². The first-order valence-electron chi connectivity index (χ1n) is 9.18. The third-order valence-electron chi connectivity index (χ3n) is 4.72. The van der Waals surface area contributed by atoms with Crippen LogP contribution in [0, 0.1) is 22.9 Å². The largest absolute Gasteiger partial charge is 0.307 e. The maximum Gasteiger partial charge on any atom is 0.272 e. The second kappa shape index (κ2) is 9.71. The van der Waals surface area contributed by atoms with Crippen LogP contribution in [0.1, 0.15) is 59.8 Å². The fourth-order valence-electron chi connectivity index (χ4n) is 3.18. The smallest absolute Gasteiger partial charge is 0.272 e. The van der Waals surface area contributed by atoms with Gasteiger partial charge in [-0.25, -0.2) is 4.39 Å². The number of carbonyl (C=O) groups is 2. The van der Waals surface area contributed by atoms with E-state index >= 15 is 4.39 Å². The van der Waals surface area contributed by atoms with Gasteiger partial charge in [-0.3, -0.25) is 14.9 Å². The molecule has 8 heteroatoms. The van der Waals surface area contributed by atoms with E-state index in [9.17, 15) is 19.7 Å². The predicted octanol–water partition coefficient (Wildman–Crippen LogP) is 4.94. The summed E-state index contributed by atoms with van der Waals surface area (Å²) in [7, 11) is 0. The van der Waals surface area contributed by atoms with Gasteiger partial charge in [-0.15, -0.1) is 0 Å². The van der Waals surface area contributed by atoms with Crippen molar-refractivity contribution in [2.75, 3.05) is 0 Å². The molecule has 2 rings (SSSR count). The average Bonchev–Trinajstić information content (AvgIpc) is 2.66. The maximum absolute atomic E-state index is 15.3. The van der Waals surface area contributed by atoms with Crippen LogP contribution in [0.5, 0.6) is 0 Å². The number of nitro groups is 1. The highest BCUT2D eigenvalue weighted by Gasteiger charge is 2.25. The van der Waals surface area contributed by atoms with Gasteiger partial charge in [-0.2, -0.15) is 0 Å². The molecule has 0 aliphatic rings. The van der Waals surface area contributed by atoms with E-state index in [0.29, 0.717) is 12.0 Å². The molecular formula is C21H22ClFN2O4. The van der Waals surface area contributed by atoms with E-state index in [-0.39, 0.29) is 39.9 Å². The van der Waals surface area contributed by atoms with Crippen molar-refractivity contribution in [2.45, 2.75) is 45.7 Å². The van der Waals surface area contributed by atoms with Crippen LogP contribution >= 0.6 is 11.6 Å². The topological polar surface area (TPSA) is 89.3 Å². The number of carbonyl (C=O) groups excluding carboxylic acids is 2. The lowest BCUT2D eigenvalue weighted by atomic mass is 9.95. The second-order valence-electron chi connectivity index (χ2n) is 6.84. The Balaban J connectivity index is 2.46. The second-order valence-corrected chi connectivity index (χ2v) is 7.25. The van der Waals surface area contributed by atoms with Crippen molar-refractivity contribution >= 4 is 29.4 Å². The van der Waals surface area contributed by atoms with Crippen LogP contribution in [0.4, 0.5) is 10.1 Å². The number of ketones is 1. The highest BCUT2D eigenvalue weighted by atomic mass is 35.5. The SMILES string of the molecule is CC[C@@H](NC(C)CC=O)c1ccc(Cl)c(C(=O)c2ccc([N+](=O)[O-])c(C)c2)c1F. The first-order valence-corrected chi connectivity index (χ1v) is 9.56. The van der Waals surface area contributed by atoms with Crippen molar-refractivity contribution in [3.8, 4) is 0 Å². The number of benzene rings is 2. The van der Waals surface area contributed by atoms with Gasteiger partial charge >= 0.3 is 0 Å². The fourth-order valence-corrected chi connectivity index (χ4v) is 3.41. The highest BCUT2D eigenvalue weighted by Crippen LogP contribution is 2.31. The zero-order chi connectivity index (χ0) is 21.7. The third kappa shape index (κ3) is 5.05. The zero-order valence-electron chi connectivity index (χ0n) is 16.4. The Hall–Kier alpha value is -2.64. The summed E-state index contributed by atoms with van der Waals surface area (Å²) < 4.78 is 15.3. The van der Waals surface area contributed by atoms with E-state index in [1.54, 1.807) is 0 Å². The molecule has 0 amide bonds. The van der Waals surface area contributed by atoms with E-state index in [4.69, 9.17) is 11.6 Å². The summed E-state index contributed by atoms with van der Waals surface area (Å²) in [6.45, 7) is 5.19. The van der Waals surface area contributed by atoms with Gasteiger partial charge in [0.2, 0.25) is 0 Å². The summed E-state index contributed by atoms with van der Waals surface area (Å²) in [5.41, 5.74) is 0.282. The molecule has 0 aliphatic heterocycles. The standard InChI is InChI=1S/C21H22ClFN2O4/c1-4-17(24-13(3)9-10-26)15-6-7-16(22)19(20(15)23)21(27)14-5-8-18(25(28)29)12(2)11-14/h5-8,10-11,13,17,24H,4,9H2,1-3H3/t13?,17-/m1/s1. The van der Waals surface area contributed by atoms with E-state index in [0.717, 1.165) is 6.29 Å². The quantitative estimate of drug-likeness (QED) is 0.268. The third-order valence-corrected chi connectivity index (χ3v) is 5.04. The fraction of sp³-hybridized carbons (Fsp3) is 0.333. The molecule has 0 heterocycles. The van der Waals surface area contributed by atoms with Crippen LogP contribution in [0.3, 0.4) is 0 Å². The molecule has 0 saturated heterocycles. The van der Waals surface area contributed by atoms with Crippen LogP contribution < -0.4 is 5.32 Å². The van der Waals surface area contributed by atoms with Gasteiger partial charge in [0.05, 0.1) is 15.5 Å². The lowest BCUT2D eigenvalue weighted by Gasteiger charge is -2.23. The number of rotatable bonds is 9. The molecule has 0 spiro atoms. The monoisotopic (exact) mass is 420 g/mol. The lowest BCUT2D eigenvalue weighted by Crippen LogP contribution is -2.31. The number of nitro benzene ring substituents is 1. The van der Waals surface area contributed by atoms with Crippen LogP contribution in [0.2, 0.25) is 5.02 Å². The molecule has 2 atom stereocenters. The Bertz CT molecular complexity index is 949. The van der Waals surface area contributed by atoms with Gasteiger partial charge in [-0.05, 0) is 38.5 Å². The predicted molar refractivity (Wildman–Crippen MR) is 109 cm³/mol. The van der Waals surface area contributed by atoms with Gasteiger partial charge in [0.1, 0.15) is 12.1 Å². The molecule has 29 heavy (non-hydrogen) atoms. The zero-order valence-corrected chi connectivity index (χ0v) is 17.1. The minimum absolute atomic E-state index is 0.0388. The Labute approximate surface area is 173 Å². The van der Waals surface area contributed by atoms with Gasteiger partial charge in [0, 0.05) is 41.3 Å². The van der Waals surface area contributed by atoms with Crippen molar-refractivity contribution in [3.63, 3.8) is 0 Å². The Morgan fingerprint density at radius 1 is 1.34 bits per heavy atom. The molecule has 0 saturated carbocycles. The Morgan fingerprint density at radius 3 is 2.59 bits per heavy atom. The van der Waals surface area contributed by atoms with Crippen molar-refractivity contribution in [2.24, 2.45) is 0 Å². The molecule has 154 valence electrons. The number of aldehydes is 1. The molecule has 0 radical (unpaired) electrons. The van der Waals surface area contributed by atoms with E-state index in [1.807, 2.05) is 13.8 Å². The van der Waals surface area contributed by atoms with E-state index in [2.05, 4.69) is 5.32 Å². The molecule has 0 fully saturated rings. The van der Waals surface area contributed by atoms with E-state index in [1.165, 1.54) is 37.3 Å². The van der Waals surface area contributed by atoms with E-state index < -0.39 is 22.6 Å². The van der Waals surface area contributed by atoms with Crippen LogP contribution in [0.15, 0.2) is 30.3 Å². The minimum Gasteiger partial charge on any atom is -0.307 e. The Morgan fingerprint density at radius 2 is 2.03 bits per heavy atom. The summed E-state index contributed by atoms with van der Waals surface area (Å²) in [6.07, 6.45) is 1.60. The number of hydrogen-bond donors (Lipinski definition) is 1. The molecule has 2 aromatic carbocycles. The maximum atomic E-state index is 15.3. The molecule has 0 bridgehead atoms. The van der Waals surface area contributed by atoms with Crippen molar-refractivity contribution in [1.29, 1.82) is 0 Å². The summed E-state index contributed by atoms with van der Waals surface area (Å²) in [6, 6.07) is 6.26. The van der Waals surface area contributed by atoms with Crippen LogP contribution in [0.25, 0.3) is 0 Å². The summed E-state index contributed by atoms with van der Waals surface area (Å²) in [5, 5.41) is 14.1. The summed E-state index contributed by atoms with van der Waals surface area (Å²) >= 11 is 6.14. The molecule has 1 N–H and O–H groups in total. The van der Waals surface area contributed by atoms with Gasteiger partial charge in [-0.1, -0.05) is 24.6 Å². The normalized spacial score (nSPS) is 13.0. The molecule has 0 aromatic heterocycles. The number of halogens is 2. The van der Waals surface area contributed by atoms with Gasteiger partial charge in [0.15, 0.2) is 5.78 Å². The van der Waals surface area contributed by atoms with Gasteiger partial charge < -0.3 is 10.1 Å². The number of nitrogens with one attached hydrogen (secondary N) is 1. The Kier molecular flexibility index (Phi) is 7.59. The molecular weight excluding hydrogens is 399 g/mol. The number of hydrogen-bond acceptors (Lipinski definition) is 5. The number of nitrogens with zero attached hydrogens (tertiary/aromatic N) is 1. The van der Waals surface area contributed by atoms with Crippen molar-refractivity contribution in [3.05, 3.63) is 73.5 Å². The first-order chi connectivity index (χ1) is 13.7. The molecule has 6 nitrogen and oxygen atoms in total.